The highest BCUT2D eigenvalue weighted by Gasteiger charge is 2.08. The number of hydrogen-bond donors (Lipinski definition) is 1. The van der Waals surface area contributed by atoms with Crippen LogP contribution in [-0.2, 0) is 0 Å². The highest BCUT2D eigenvalue weighted by Crippen LogP contribution is 2.21. The number of benzene rings is 1. The van der Waals surface area contributed by atoms with E-state index in [2.05, 4.69) is 26.2 Å². The van der Waals surface area contributed by atoms with Gasteiger partial charge in [0.15, 0.2) is 0 Å². The molecule has 2 rings (SSSR count). The minimum absolute atomic E-state index is 0.819. The smallest absolute Gasteiger partial charge is 0.118 e. The summed E-state index contributed by atoms with van der Waals surface area (Å²) < 4.78 is 1.04. The fourth-order valence-corrected chi connectivity index (χ4v) is 1.48. The number of halogens is 1. The van der Waals surface area contributed by atoms with Crippen LogP contribution >= 0.6 is 15.9 Å². The molecule has 2 aromatic rings. The monoisotopic (exact) mass is 252 g/mol. The first kappa shape index (κ1) is 9.21. The van der Waals surface area contributed by atoms with Gasteiger partial charge in [-0.3, -0.25) is 0 Å². The lowest BCUT2D eigenvalue weighted by atomic mass is 10.1. The van der Waals surface area contributed by atoms with Gasteiger partial charge in [0.05, 0.1) is 5.69 Å². The summed E-state index contributed by atoms with van der Waals surface area (Å²) in [5.74, 6) is 5.54. The van der Waals surface area contributed by atoms with E-state index in [1.54, 1.807) is 0 Å². The SMILES string of the molecule is Cc1c(-c2ccc(Br)cc2)nnn1N. The predicted octanol–water partition coefficient (Wildman–Crippen LogP) is 1.73. The summed E-state index contributed by atoms with van der Waals surface area (Å²) in [7, 11) is 0. The van der Waals surface area contributed by atoms with Gasteiger partial charge in [-0.15, -0.1) is 5.10 Å². The van der Waals surface area contributed by atoms with Crippen molar-refractivity contribution < 1.29 is 0 Å². The highest BCUT2D eigenvalue weighted by molar-refractivity contribution is 9.10. The van der Waals surface area contributed by atoms with E-state index in [-0.39, 0.29) is 0 Å². The maximum Gasteiger partial charge on any atom is 0.118 e. The molecule has 0 aliphatic rings. The maximum absolute atomic E-state index is 5.54. The standard InChI is InChI=1S/C9H9BrN4/c1-6-9(12-13-14(6)11)7-2-4-8(10)5-3-7/h2-5H,11H2,1H3. The van der Waals surface area contributed by atoms with E-state index in [0.29, 0.717) is 0 Å². The molecule has 0 amide bonds. The lowest BCUT2D eigenvalue weighted by molar-refractivity contribution is 0.747. The minimum Gasteiger partial charge on any atom is -0.322 e. The van der Waals surface area contributed by atoms with Crippen LogP contribution in [0.3, 0.4) is 0 Å². The van der Waals surface area contributed by atoms with Crippen molar-refractivity contribution in [1.82, 2.24) is 15.1 Å². The van der Waals surface area contributed by atoms with Gasteiger partial charge in [-0.2, -0.15) is 4.79 Å². The summed E-state index contributed by atoms with van der Waals surface area (Å²) in [4.78, 5) is 1.28. The molecule has 0 saturated heterocycles. The van der Waals surface area contributed by atoms with Gasteiger partial charge in [0.1, 0.15) is 5.69 Å². The van der Waals surface area contributed by atoms with E-state index in [1.807, 2.05) is 31.2 Å². The van der Waals surface area contributed by atoms with Gasteiger partial charge in [0, 0.05) is 10.0 Å². The predicted molar refractivity (Wildman–Crippen MR) is 58.0 cm³/mol. The van der Waals surface area contributed by atoms with Gasteiger partial charge in [-0.1, -0.05) is 28.1 Å². The topological polar surface area (TPSA) is 56.7 Å². The Balaban J connectivity index is 2.49. The Morgan fingerprint density at radius 1 is 1.29 bits per heavy atom. The summed E-state index contributed by atoms with van der Waals surface area (Å²) >= 11 is 3.38. The summed E-state index contributed by atoms with van der Waals surface area (Å²) in [6.07, 6.45) is 0. The number of nitrogen functional groups attached to an aromatic ring is 1. The van der Waals surface area contributed by atoms with Gasteiger partial charge in [0.25, 0.3) is 0 Å². The molecule has 4 nitrogen and oxygen atoms in total. The van der Waals surface area contributed by atoms with Crippen molar-refractivity contribution in [1.29, 1.82) is 0 Å². The lowest BCUT2D eigenvalue weighted by Gasteiger charge is -1.98. The molecule has 0 unspecified atom stereocenters. The van der Waals surface area contributed by atoms with Gasteiger partial charge in [0.2, 0.25) is 0 Å². The molecule has 14 heavy (non-hydrogen) atoms. The van der Waals surface area contributed by atoms with E-state index < -0.39 is 0 Å². The van der Waals surface area contributed by atoms with Crippen LogP contribution in [0.2, 0.25) is 0 Å². The third-order valence-electron chi connectivity index (χ3n) is 2.05. The molecule has 0 saturated carbocycles. The van der Waals surface area contributed by atoms with Crippen LogP contribution in [0.25, 0.3) is 11.3 Å². The maximum atomic E-state index is 5.54. The molecular weight excluding hydrogens is 244 g/mol. The second-order valence-corrected chi connectivity index (χ2v) is 3.89. The molecule has 0 radical (unpaired) electrons. The zero-order valence-corrected chi connectivity index (χ0v) is 9.19. The van der Waals surface area contributed by atoms with Crippen molar-refractivity contribution in [3.8, 4) is 11.3 Å². The average Bonchev–Trinajstić information content (AvgIpc) is 2.50. The van der Waals surface area contributed by atoms with E-state index in [1.165, 1.54) is 4.79 Å². The molecule has 1 aromatic carbocycles. The molecule has 5 heteroatoms. The van der Waals surface area contributed by atoms with Crippen molar-refractivity contribution >= 4 is 15.9 Å². The molecule has 0 aliphatic carbocycles. The number of aromatic nitrogens is 3. The van der Waals surface area contributed by atoms with Crippen molar-refractivity contribution in [2.75, 3.05) is 5.84 Å². The Hall–Kier alpha value is -1.36. The normalized spacial score (nSPS) is 10.4. The van der Waals surface area contributed by atoms with E-state index in [4.69, 9.17) is 5.84 Å². The molecule has 0 spiro atoms. The average molecular weight is 253 g/mol. The van der Waals surface area contributed by atoms with Crippen molar-refractivity contribution in [2.45, 2.75) is 6.92 Å². The van der Waals surface area contributed by atoms with Crippen molar-refractivity contribution in [2.24, 2.45) is 0 Å². The van der Waals surface area contributed by atoms with Crippen LogP contribution in [0.5, 0.6) is 0 Å². The molecule has 1 heterocycles. The zero-order valence-electron chi connectivity index (χ0n) is 7.61. The molecular formula is C9H9BrN4. The van der Waals surface area contributed by atoms with Crippen molar-refractivity contribution in [3.63, 3.8) is 0 Å². The fourth-order valence-electron chi connectivity index (χ4n) is 1.22. The second-order valence-electron chi connectivity index (χ2n) is 2.97. The van der Waals surface area contributed by atoms with Crippen LogP contribution in [0.1, 0.15) is 5.69 Å². The number of rotatable bonds is 1. The van der Waals surface area contributed by atoms with Gasteiger partial charge in [-0.25, -0.2) is 0 Å². The molecule has 0 bridgehead atoms. The molecule has 0 fully saturated rings. The Bertz CT molecular complexity index is 446. The van der Waals surface area contributed by atoms with E-state index >= 15 is 0 Å². The van der Waals surface area contributed by atoms with Gasteiger partial charge < -0.3 is 5.84 Å². The minimum atomic E-state index is 0.819. The largest absolute Gasteiger partial charge is 0.322 e. The highest BCUT2D eigenvalue weighted by atomic mass is 79.9. The second kappa shape index (κ2) is 3.42. The Kier molecular flexibility index (Phi) is 2.25. The van der Waals surface area contributed by atoms with Crippen LogP contribution < -0.4 is 5.84 Å². The summed E-state index contributed by atoms with van der Waals surface area (Å²) in [6, 6.07) is 7.87. The van der Waals surface area contributed by atoms with Crippen LogP contribution in [0, 0.1) is 6.92 Å². The first-order valence-electron chi connectivity index (χ1n) is 4.12. The first-order valence-corrected chi connectivity index (χ1v) is 4.91. The first-order chi connectivity index (χ1) is 6.68. The Labute approximate surface area is 89.8 Å². The molecule has 1 aromatic heterocycles. The van der Waals surface area contributed by atoms with E-state index in [0.717, 1.165) is 21.4 Å². The number of hydrogen-bond acceptors (Lipinski definition) is 3. The molecule has 2 N–H and O–H groups in total. The Morgan fingerprint density at radius 3 is 2.43 bits per heavy atom. The van der Waals surface area contributed by atoms with Crippen LogP contribution in [0.15, 0.2) is 28.7 Å². The molecule has 0 atom stereocenters. The zero-order chi connectivity index (χ0) is 10.1. The Morgan fingerprint density at radius 2 is 1.93 bits per heavy atom. The van der Waals surface area contributed by atoms with Crippen LogP contribution in [0.4, 0.5) is 0 Å². The quantitative estimate of drug-likeness (QED) is 0.787. The lowest BCUT2D eigenvalue weighted by Crippen LogP contribution is -2.11. The number of nitrogens with zero attached hydrogens (tertiary/aromatic N) is 3. The van der Waals surface area contributed by atoms with Crippen LogP contribution in [-0.4, -0.2) is 15.1 Å². The third kappa shape index (κ3) is 1.50. The van der Waals surface area contributed by atoms with E-state index in [9.17, 15) is 0 Å². The third-order valence-corrected chi connectivity index (χ3v) is 2.57. The summed E-state index contributed by atoms with van der Waals surface area (Å²) in [6.45, 7) is 1.89. The molecule has 72 valence electrons. The summed E-state index contributed by atoms with van der Waals surface area (Å²) in [5.41, 5.74) is 2.69. The van der Waals surface area contributed by atoms with Gasteiger partial charge in [-0.05, 0) is 24.3 Å². The van der Waals surface area contributed by atoms with Crippen molar-refractivity contribution in [3.05, 3.63) is 34.4 Å². The summed E-state index contributed by atoms with van der Waals surface area (Å²) in [5, 5.41) is 7.74. The molecule has 0 aliphatic heterocycles. The van der Waals surface area contributed by atoms with Gasteiger partial charge >= 0.3 is 0 Å². The fraction of sp³-hybridized carbons (Fsp3) is 0.111. The number of nitrogens with two attached hydrogens (primary N) is 1.